The summed E-state index contributed by atoms with van der Waals surface area (Å²) >= 11 is 0. The number of nitro benzene ring substituents is 1. The molecule has 7 heteroatoms. The van der Waals surface area contributed by atoms with Gasteiger partial charge < -0.3 is 4.74 Å². The van der Waals surface area contributed by atoms with Gasteiger partial charge >= 0.3 is 5.69 Å². The number of benzene rings is 1. The fourth-order valence-electron chi connectivity index (χ4n) is 4.18. The van der Waals surface area contributed by atoms with Crippen LogP contribution < -0.4 is 10.2 Å². The monoisotopic (exact) mass is 345 g/mol. The Morgan fingerprint density at radius 2 is 2.20 bits per heavy atom. The highest BCUT2D eigenvalue weighted by Crippen LogP contribution is 2.66. The predicted octanol–water partition coefficient (Wildman–Crippen LogP) is 3.27. The first kappa shape index (κ1) is 17.4. The summed E-state index contributed by atoms with van der Waals surface area (Å²) in [6.07, 6.45) is 4.60. The number of ether oxygens (including phenoxy) is 1. The van der Waals surface area contributed by atoms with Crippen molar-refractivity contribution < 1.29 is 14.5 Å². The summed E-state index contributed by atoms with van der Waals surface area (Å²) in [6.45, 7) is 3.90. The molecule has 1 N–H and O–H groups in total. The lowest BCUT2D eigenvalue weighted by Gasteiger charge is -2.15. The van der Waals surface area contributed by atoms with Crippen LogP contribution >= 0.6 is 0 Å². The summed E-state index contributed by atoms with van der Waals surface area (Å²) in [5.74, 6) is 0.660. The summed E-state index contributed by atoms with van der Waals surface area (Å²) in [4.78, 5) is 23.1. The minimum Gasteiger partial charge on any atom is -0.490 e. The molecule has 0 aromatic heterocycles. The lowest BCUT2D eigenvalue weighted by Crippen LogP contribution is -2.23. The summed E-state index contributed by atoms with van der Waals surface area (Å²) in [7, 11) is 1.39. The van der Waals surface area contributed by atoms with Gasteiger partial charge in [-0.2, -0.15) is 5.10 Å². The Labute approximate surface area is 146 Å². The molecular weight excluding hydrogens is 322 g/mol. The van der Waals surface area contributed by atoms with E-state index in [1.807, 2.05) is 0 Å². The smallest absolute Gasteiger partial charge is 0.311 e. The van der Waals surface area contributed by atoms with Crippen molar-refractivity contribution in [3.05, 3.63) is 33.9 Å². The topological polar surface area (TPSA) is 93.8 Å². The van der Waals surface area contributed by atoms with Crippen LogP contribution in [0.5, 0.6) is 5.75 Å². The Morgan fingerprint density at radius 1 is 1.44 bits per heavy atom. The molecule has 3 atom stereocenters. The maximum Gasteiger partial charge on any atom is 0.311 e. The number of hydrazone groups is 1. The Hall–Kier alpha value is -2.44. The van der Waals surface area contributed by atoms with Crippen molar-refractivity contribution in [1.82, 2.24) is 5.43 Å². The molecule has 0 radical (unpaired) electrons. The number of nitrogens with zero attached hydrogens (tertiary/aromatic N) is 2. The fraction of sp³-hybridized carbons (Fsp3) is 0.556. The Bertz CT molecular complexity index is 746. The first-order valence-corrected chi connectivity index (χ1v) is 8.55. The van der Waals surface area contributed by atoms with Crippen molar-refractivity contribution in [3.63, 3.8) is 0 Å². The van der Waals surface area contributed by atoms with Crippen LogP contribution in [-0.2, 0) is 4.79 Å². The molecule has 1 aromatic rings. The quantitative estimate of drug-likeness (QED) is 0.503. The lowest BCUT2D eigenvalue weighted by molar-refractivity contribution is -0.385. The lowest BCUT2D eigenvalue weighted by atomic mass is 9.90. The maximum absolute atomic E-state index is 12.4. The van der Waals surface area contributed by atoms with Crippen molar-refractivity contribution in [1.29, 1.82) is 0 Å². The van der Waals surface area contributed by atoms with E-state index < -0.39 is 4.92 Å². The minimum atomic E-state index is -0.496. The third-order valence-corrected chi connectivity index (χ3v) is 5.74. The van der Waals surface area contributed by atoms with Crippen LogP contribution in [0, 0.1) is 27.4 Å². The third kappa shape index (κ3) is 3.10. The molecule has 2 saturated carbocycles. The minimum absolute atomic E-state index is 0.0387. The largest absolute Gasteiger partial charge is 0.490 e. The van der Waals surface area contributed by atoms with Gasteiger partial charge in [0.05, 0.1) is 17.7 Å². The van der Waals surface area contributed by atoms with E-state index in [1.54, 1.807) is 13.0 Å². The summed E-state index contributed by atoms with van der Waals surface area (Å²) in [5, 5.41) is 15.3. The SMILES string of the molecule is COc1ccc(C(C)=NNC(=O)C2C3CCCCC32C)cc1[N+](=O)[O-]. The van der Waals surface area contributed by atoms with Gasteiger partial charge in [0.15, 0.2) is 5.75 Å². The summed E-state index contributed by atoms with van der Waals surface area (Å²) in [5.41, 5.74) is 3.75. The highest BCUT2D eigenvalue weighted by molar-refractivity contribution is 6.00. The molecule has 0 aliphatic heterocycles. The average Bonchev–Trinajstić information content (AvgIpc) is 3.24. The molecule has 2 aliphatic carbocycles. The molecule has 7 nitrogen and oxygen atoms in total. The molecule has 0 bridgehead atoms. The number of methoxy groups -OCH3 is 1. The Kier molecular flexibility index (Phi) is 4.49. The van der Waals surface area contributed by atoms with Crippen LogP contribution in [-0.4, -0.2) is 23.7 Å². The highest BCUT2D eigenvalue weighted by Gasteiger charge is 2.64. The van der Waals surface area contributed by atoms with E-state index in [4.69, 9.17) is 4.74 Å². The zero-order chi connectivity index (χ0) is 18.2. The second-order valence-electron chi connectivity index (χ2n) is 7.15. The number of nitrogens with one attached hydrogen (secondary N) is 1. The van der Waals surface area contributed by atoms with Crippen LogP contribution in [0.1, 0.15) is 45.1 Å². The molecule has 0 heterocycles. The van der Waals surface area contributed by atoms with Gasteiger partial charge in [0, 0.05) is 17.5 Å². The van der Waals surface area contributed by atoms with E-state index in [0.29, 0.717) is 17.2 Å². The molecular formula is C18H23N3O4. The molecule has 134 valence electrons. The zero-order valence-electron chi connectivity index (χ0n) is 14.7. The molecule has 0 saturated heterocycles. The summed E-state index contributed by atoms with van der Waals surface area (Å²) in [6, 6.07) is 4.63. The number of carbonyl (C=O) groups excluding carboxylic acids is 1. The predicted molar refractivity (Wildman–Crippen MR) is 93.6 cm³/mol. The van der Waals surface area contributed by atoms with Crippen molar-refractivity contribution in [2.24, 2.45) is 22.4 Å². The van der Waals surface area contributed by atoms with Gasteiger partial charge in [0.25, 0.3) is 0 Å². The van der Waals surface area contributed by atoms with Gasteiger partial charge in [-0.3, -0.25) is 14.9 Å². The van der Waals surface area contributed by atoms with E-state index >= 15 is 0 Å². The van der Waals surface area contributed by atoms with Gasteiger partial charge in [-0.1, -0.05) is 19.8 Å². The van der Waals surface area contributed by atoms with Crippen LogP contribution in [0.3, 0.4) is 0 Å². The van der Waals surface area contributed by atoms with Crippen LogP contribution in [0.15, 0.2) is 23.3 Å². The molecule has 0 spiro atoms. The number of carbonyl (C=O) groups is 1. The van der Waals surface area contributed by atoms with E-state index in [2.05, 4.69) is 17.5 Å². The van der Waals surface area contributed by atoms with Crippen molar-refractivity contribution in [2.75, 3.05) is 7.11 Å². The van der Waals surface area contributed by atoms with E-state index in [1.165, 1.54) is 32.1 Å². The zero-order valence-corrected chi connectivity index (χ0v) is 14.7. The number of nitro groups is 1. The number of fused-ring (bicyclic) bond motifs is 1. The van der Waals surface area contributed by atoms with E-state index in [-0.39, 0.29) is 28.7 Å². The standard InChI is InChI=1S/C18H23N3O4/c1-11(12-7-8-15(25-3)14(10-12)21(23)24)19-20-17(22)16-13-6-4-5-9-18(13,16)2/h7-8,10,13,16H,4-6,9H2,1-3H3,(H,20,22). The van der Waals surface area contributed by atoms with Crippen LogP contribution in [0.25, 0.3) is 0 Å². The Morgan fingerprint density at radius 3 is 2.80 bits per heavy atom. The number of hydrogen-bond acceptors (Lipinski definition) is 5. The Balaban J connectivity index is 1.71. The fourth-order valence-corrected chi connectivity index (χ4v) is 4.18. The van der Waals surface area contributed by atoms with Gasteiger partial charge in [-0.25, -0.2) is 5.43 Å². The molecule has 2 fully saturated rings. The van der Waals surface area contributed by atoms with Crippen LogP contribution in [0.4, 0.5) is 5.69 Å². The van der Waals surface area contributed by atoms with Crippen LogP contribution in [0.2, 0.25) is 0 Å². The molecule has 2 aliphatic rings. The van der Waals surface area contributed by atoms with E-state index in [9.17, 15) is 14.9 Å². The molecule has 3 unspecified atom stereocenters. The molecule has 25 heavy (non-hydrogen) atoms. The van der Waals surface area contributed by atoms with Gasteiger partial charge in [0.2, 0.25) is 5.91 Å². The first-order chi connectivity index (χ1) is 11.9. The normalized spacial score (nSPS) is 28.0. The van der Waals surface area contributed by atoms with E-state index in [0.717, 1.165) is 12.8 Å². The second-order valence-corrected chi connectivity index (χ2v) is 7.15. The number of amides is 1. The van der Waals surface area contributed by atoms with Gasteiger partial charge in [-0.05, 0) is 43.2 Å². The average molecular weight is 345 g/mol. The first-order valence-electron chi connectivity index (χ1n) is 8.55. The maximum atomic E-state index is 12.4. The molecule has 3 rings (SSSR count). The third-order valence-electron chi connectivity index (χ3n) is 5.74. The van der Waals surface area contributed by atoms with Crippen molar-refractivity contribution >= 4 is 17.3 Å². The number of rotatable bonds is 5. The van der Waals surface area contributed by atoms with Gasteiger partial charge in [0.1, 0.15) is 0 Å². The number of hydrogen-bond donors (Lipinski definition) is 1. The molecule has 1 aromatic carbocycles. The van der Waals surface area contributed by atoms with Gasteiger partial charge in [-0.15, -0.1) is 0 Å². The second kappa shape index (κ2) is 6.46. The van der Waals surface area contributed by atoms with Crippen molar-refractivity contribution in [2.45, 2.75) is 39.5 Å². The highest BCUT2D eigenvalue weighted by atomic mass is 16.6. The van der Waals surface area contributed by atoms with Crippen molar-refractivity contribution in [3.8, 4) is 5.75 Å². The summed E-state index contributed by atoms with van der Waals surface area (Å²) < 4.78 is 4.99. The molecule has 1 amide bonds.